The van der Waals surface area contributed by atoms with E-state index in [1.54, 1.807) is 6.20 Å². The SMILES string of the molecule is CCNC(C)c1cc(Cl)ccc1OCc1ccc(Br)cn1. The van der Waals surface area contributed by atoms with Crippen molar-refractivity contribution in [1.82, 2.24) is 10.3 Å². The molecule has 1 N–H and O–H groups in total. The maximum Gasteiger partial charge on any atom is 0.130 e. The zero-order valence-electron chi connectivity index (χ0n) is 12.1. The molecule has 1 unspecified atom stereocenters. The largest absolute Gasteiger partial charge is 0.487 e. The lowest BCUT2D eigenvalue weighted by Gasteiger charge is -2.18. The van der Waals surface area contributed by atoms with Gasteiger partial charge in [-0.3, -0.25) is 4.98 Å². The van der Waals surface area contributed by atoms with Crippen molar-refractivity contribution < 1.29 is 4.74 Å². The molecule has 0 radical (unpaired) electrons. The maximum absolute atomic E-state index is 6.09. The van der Waals surface area contributed by atoms with Crippen molar-refractivity contribution in [2.24, 2.45) is 0 Å². The minimum Gasteiger partial charge on any atom is -0.487 e. The number of nitrogens with zero attached hydrogens (tertiary/aromatic N) is 1. The molecule has 0 aliphatic carbocycles. The molecule has 3 nitrogen and oxygen atoms in total. The van der Waals surface area contributed by atoms with Crippen LogP contribution in [0.1, 0.15) is 31.1 Å². The third-order valence-corrected chi connectivity index (χ3v) is 3.82. The Kier molecular flexibility index (Phi) is 6.03. The summed E-state index contributed by atoms with van der Waals surface area (Å²) in [5.41, 5.74) is 1.94. The summed E-state index contributed by atoms with van der Waals surface area (Å²) >= 11 is 9.47. The molecular formula is C16H18BrClN2O. The van der Waals surface area contributed by atoms with E-state index in [2.05, 4.69) is 40.1 Å². The van der Waals surface area contributed by atoms with Gasteiger partial charge in [0, 0.05) is 27.3 Å². The number of benzene rings is 1. The van der Waals surface area contributed by atoms with Crippen LogP contribution in [0, 0.1) is 0 Å². The Labute approximate surface area is 138 Å². The van der Waals surface area contributed by atoms with Gasteiger partial charge < -0.3 is 10.1 Å². The van der Waals surface area contributed by atoms with Crippen molar-refractivity contribution in [2.45, 2.75) is 26.5 Å². The van der Waals surface area contributed by atoms with Crippen LogP contribution in [0.5, 0.6) is 5.75 Å². The summed E-state index contributed by atoms with van der Waals surface area (Å²) < 4.78 is 6.87. The third-order valence-electron chi connectivity index (χ3n) is 3.11. The maximum atomic E-state index is 6.09. The number of pyridine rings is 1. The molecule has 0 aliphatic heterocycles. The van der Waals surface area contributed by atoms with E-state index in [1.165, 1.54) is 0 Å². The first-order valence-corrected chi connectivity index (χ1v) is 8.03. The molecule has 1 atom stereocenters. The molecule has 5 heteroatoms. The first-order chi connectivity index (χ1) is 10.1. The van der Waals surface area contributed by atoms with Gasteiger partial charge in [-0.05, 0) is 59.7 Å². The van der Waals surface area contributed by atoms with E-state index in [4.69, 9.17) is 16.3 Å². The van der Waals surface area contributed by atoms with Crippen molar-refractivity contribution >= 4 is 27.5 Å². The standard InChI is InChI=1S/C16H18BrClN2O/c1-3-19-11(2)15-8-13(18)5-7-16(15)21-10-14-6-4-12(17)9-20-14/h4-9,11,19H,3,10H2,1-2H3. The van der Waals surface area contributed by atoms with Gasteiger partial charge in [-0.25, -0.2) is 0 Å². The normalized spacial score (nSPS) is 12.2. The minimum atomic E-state index is 0.182. The van der Waals surface area contributed by atoms with Crippen molar-refractivity contribution in [1.29, 1.82) is 0 Å². The predicted molar refractivity (Wildman–Crippen MR) is 89.8 cm³/mol. The lowest BCUT2D eigenvalue weighted by molar-refractivity contribution is 0.295. The predicted octanol–water partition coefficient (Wildman–Crippen LogP) is 4.75. The van der Waals surface area contributed by atoms with Gasteiger partial charge >= 0.3 is 0 Å². The second kappa shape index (κ2) is 7.78. The van der Waals surface area contributed by atoms with Gasteiger partial charge in [0.05, 0.1) is 5.69 Å². The molecule has 0 spiro atoms. The lowest BCUT2D eigenvalue weighted by atomic mass is 10.1. The van der Waals surface area contributed by atoms with Crippen LogP contribution in [0.3, 0.4) is 0 Å². The van der Waals surface area contributed by atoms with Crippen LogP contribution in [-0.2, 0) is 6.61 Å². The van der Waals surface area contributed by atoms with Crippen LogP contribution in [0.15, 0.2) is 41.0 Å². The van der Waals surface area contributed by atoms with Gasteiger partial charge in [0.1, 0.15) is 12.4 Å². The molecule has 0 saturated heterocycles. The summed E-state index contributed by atoms with van der Waals surface area (Å²) in [6.45, 7) is 5.50. The van der Waals surface area contributed by atoms with Gasteiger partial charge in [0.15, 0.2) is 0 Å². The summed E-state index contributed by atoms with van der Waals surface area (Å²) in [6.07, 6.45) is 1.77. The molecular weight excluding hydrogens is 352 g/mol. The number of halogens is 2. The van der Waals surface area contributed by atoms with Crippen molar-refractivity contribution in [2.75, 3.05) is 6.54 Å². The molecule has 1 heterocycles. The average Bonchev–Trinajstić information content (AvgIpc) is 2.48. The molecule has 0 fully saturated rings. The highest BCUT2D eigenvalue weighted by Gasteiger charge is 2.12. The zero-order chi connectivity index (χ0) is 15.2. The van der Waals surface area contributed by atoms with E-state index >= 15 is 0 Å². The highest BCUT2D eigenvalue weighted by atomic mass is 79.9. The molecule has 1 aromatic carbocycles. The molecule has 1 aromatic heterocycles. The number of ether oxygens (including phenoxy) is 1. The molecule has 112 valence electrons. The third kappa shape index (κ3) is 4.70. The first kappa shape index (κ1) is 16.3. The summed E-state index contributed by atoms with van der Waals surface area (Å²) in [7, 11) is 0. The number of nitrogens with one attached hydrogen (secondary N) is 1. The molecule has 2 aromatic rings. The quantitative estimate of drug-likeness (QED) is 0.798. The number of rotatable bonds is 6. The second-order valence-electron chi connectivity index (χ2n) is 4.72. The van der Waals surface area contributed by atoms with Gasteiger partial charge in [-0.1, -0.05) is 18.5 Å². The van der Waals surface area contributed by atoms with E-state index in [1.807, 2.05) is 30.3 Å². The van der Waals surface area contributed by atoms with Crippen molar-refractivity contribution in [3.05, 3.63) is 57.3 Å². The molecule has 0 aliphatic rings. The van der Waals surface area contributed by atoms with Gasteiger partial charge in [-0.2, -0.15) is 0 Å². The molecule has 0 saturated carbocycles. The fourth-order valence-corrected chi connectivity index (χ4v) is 2.46. The second-order valence-corrected chi connectivity index (χ2v) is 6.07. The number of hydrogen-bond donors (Lipinski definition) is 1. The first-order valence-electron chi connectivity index (χ1n) is 6.86. The van der Waals surface area contributed by atoms with Crippen molar-refractivity contribution in [3.8, 4) is 5.75 Å². The van der Waals surface area contributed by atoms with Crippen LogP contribution in [0.2, 0.25) is 5.02 Å². The lowest BCUT2D eigenvalue weighted by Crippen LogP contribution is -2.18. The van der Waals surface area contributed by atoms with E-state index < -0.39 is 0 Å². The summed E-state index contributed by atoms with van der Waals surface area (Å²) in [4.78, 5) is 4.31. The molecule has 2 rings (SSSR count). The van der Waals surface area contributed by atoms with E-state index in [0.29, 0.717) is 11.6 Å². The highest BCUT2D eigenvalue weighted by molar-refractivity contribution is 9.10. The topological polar surface area (TPSA) is 34.1 Å². The zero-order valence-corrected chi connectivity index (χ0v) is 14.4. The van der Waals surface area contributed by atoms with E-state index in [9.17, 15) is 0 Å². The summed E-state index contributed by atoms with van der Waals surface area (Å²) in [5.74, 6) is 0.831. The Morgan fingerprint density at radius 2 is 2.14 bits per heavy atom. The Morgan fingerprint density at radius 3 is 2.81 bits per heavy atom. The number of hydrogen-bond acceptors (Lipinski definition) is 3. The van der Waals surface area contributed by atoms with Crippen LogP contribution in [-0.4, -0.2) is 11.5 Å². The van der Waals surface area contributed by atoms with Gasteiger partial charge in [0.2, 0.25) is 0 Å². The van der Waals surface area contributed by atoms with E-state index in [-0.39, 0.29) is 6.04 Å². The average molecular weight is 370 g/mol. The fourth-order valence-electron chi connectivity index (χ4n) is 2.05. The summed E-state index contributed by atoms with van der Waals surface area (Å²) in [6, 6.07) is 9.77. The van der Waals surface area contributed by atoms with Gasteiger partial charge in [0.25, 0.3) is 0 Å². The van der Waals surface area contributed by atoms with Crippen molar-refractivity contribution in [3.63, 3.8) is 0 Å². The van der Waals surface area contributed by atoms with Gasteiger partial charge in [-0.15, -0.1) is 0 Å². The Bertz CT molecular complexity index is 589. The smallest absolute Gasteiger partial charge is 0.130 e. The van der Waals surface area contributed by atoms with Crippen LogP contribution < -0.4 is 10.1 Å². The fraction of sp³-hybridized carbons (Fsp3) is 0.312. The number of aromatic nitrogens is 1. The van der Waals surface area contributed by atoms with Crippen LogP contribution in [0.4, 0.5) is 0 Å². The Morgan fingerprint density at radius 1 is 1.33 bits per heavy atom. The van der Waals surface area contributed by atoms with Crippen LogP contribution in [0.25, 0.3) is 0 Å². The molecule has 0 bridgehead atoms. The minimum absolute atomic E-state index is 0.182. The summed E-state index contributed by atoms with van der Waals surface area (Å²) in [5, 5.41) is 4.09. The highest BCUT2D eigenvalue weighted by Crippen LogP contribution is 2.29. The molecule has 0 amide bonds. The molecule has 21 heavy (non-hydrogen) atoms. The van der Waals surface area contributed by atoms with Crippen LogP contribution >= 0.6 is 27.5 Å². The van der Waals surface area contributed by atoms with E-state index in [0.717, 1.165) is 28.0 Å². The monoisotopic (exact) mass is 368 g/mol. The Balaban J connectivity index is 2.13. The Hall–Kier alpha value is -1.10.